The zero-order chi connectivity index (χ0) is 10.5. The van der Waals surface area contributed by atoms with Crippen molar-refractivity contribution in [2.45, 2.75) is 38.3 Å². The Bertz CT molecular complexity index is 319. The van der Waals surface area contributed by atoms with Gasteiger partial charge in [0.1, 0.15) is 0 Å². The number of hydrogen-bond acceptors (Lipinski definition) is 2. The molecule has 0 amide bonds. The van der Waals surface area contributed by atoms with Gasteiger partial charge in [-0.25, -0.2) is 0 Å². The van der Waals surface area contributed by atoms with Crippen molar-refractivity contribution in [3.8, 4) is 0 Å². The van der Waals surface area contributed by atoms with Crippen molar-refractivity contribution in [1.82, 2.24) is 10.3 Å². The Morgan fingerprint density at radius 2 is 2.40 bits per heavy atom. The fourth-order valence-electron chi connectivity index (χ4n) is 1.99. The molecular formula is C13H18N2. The highest BCUT2D eigenvalue weighted by Crippen LogP contribution is 2.15. The minimum atomic E-state index is 0.332. The Balaban J connectivity index is 1.94. The summed E-state index contributed by atoms with van der Waals surface area (Å²) < 4.78 is 0. The minimum Gasteiger partial charge on any atom is -0.303 e. The van der Waals surface area contributed by atoms with Crippen molar-refractivity contribution in [3.63, 3.8) is 0 Å². The van der Waals surface area contributed by atoms with Crippen molar-refractivity contribution in [2.24, 2.45) is 0 Å². The number of pyridine rings is 1. The van der Waals surface area contributed by atoms with Crippen LogP contribution in [0.5, 0.6) is 0 Å². The third-order valence-corrected chi connectivity index (χ3v) is 2.85. The predicted molar refractivity (Wildman–Crippen MR) is 62.6 cm³/mol. The van der Waals surface area contributed by atoms with Crippen LogP contribution in [0.1, 0.15) is 37.9 Å². The zero-order valence-corrected chi connectivity index (χ0v) is 9.19. The molecule has 2 unspecified atom stereocenters. The Hall–Kier alpha value is -1.15. The van der Waals surface area contributed by atoms with Crippen molar-refractivity contribution in [1.29, 1.82) is 0 Å². The summed E-state index contributed by atoms with van der Waals surface area (Å²) in [5.74, 6) is 0. The van der Waals surface area contributed by atoms with E-state index in [4.69, 9.17) is 0 Å². The molecule has 0 aromatic carbocycles. The van der Waals surface area contributed by atoms with Crippen LogP contribution in [-0.2, 0) is 0 Å². The first-order chi connectivity index (χ1) is 7.36. The van der Waals surface area contributed by atoms with E-state index in [1.165, 1.54) is 19.3 Å². The fraction of sp³-hybridized carbons (Fsp3) is 0.462. The molecule has 0 spiro atoms. The summed E-state index contributed by atoms with van der Waals surface area (Å²) in [6.07, 6.45) is 10.2. The van der Waals surface area contributed by atoms with Gasteiger partial charge in [0.15, 0.2) is 0 Å². The third-order valence-electron chi connectivity index (χ3n) is 2.85. The average molecular weight is 202 g/mol. The van der Waals surface area contributed by atoms with Gasteiger partial charge >= 0.3 is 0 Å². The van der Waals surface area contributed by atoms with E-state index < -0.39 is 0 Å². The van der Waals surface area contributed by atoms with Gasteiger partial charge in [-0.1, -0.05) is 18.2 Å². The van der Waals surface area contributed by atoms with E-state index in [-0.39, 0.29) is 0 Å². The quantitative estimate of drug-likeness (QED) is 0.762. The average Bonchev–Trinajstić information content (AvgIpc) is 2.31. The highest BCUT2D eigenvalue weighted by atomic mass is 15.0. The lowest BCUT2D eigenvalue weighted by Crippen LogP contribution is -2.31. The maximum absolute atomic E-state index is 4.36. The summed E-state index contributed by atoms with van der Waals surface area (Å²) in [5.41, 5.74) is 1.12. The smallest absolute Gasteiger partial charge is 0.0570 e. The summed E-state index contributed by atoms with van der Waals surface area (Å²) in [7, 11) is 0. The largest absolute Gasteiger partial charge is 0.303 e. The highest BCUT2D eigenvalue weighted by molar-refractivity contribution is 5.09. The molecule has 0 bridgehead atoms. The molecule has 0 fully saturated rings. The minimum absolute atomic E-state index is 0.332. The van der Waals surface area contributed by atoms with Crippen LogP contribution >= 0.6 is 0 Å². The molecule has 1 aliphatic rings. The van der Waals surface area contributed by atoms with Gasteiger partial charge in [0.25, 0.3) is 0 Å². The normalized spacial score (nSPS) is 22.6. The first-order valence-corrected chi connectivity index (χ1v) is 5.70. The Morgan fingerprint density at radius 3 is 3.07 bits per heavy atom. The maximum Gasteiger partial charge on any atom is 0.0570 e. The summed E-state index contributed by atoms with van der Waals surface area (Å²) in [6, 6.07) is 6.92. The molecule has 2 nitrogen and oxygen atoms in total. The van der Waals surface area contributed by atoms with E-state index in [0.717, 1.165) is 5.69 Å². The zero-order valence-electron chi connectivity index (χ0n) is 9.19. The van der Waals surface area contributed by atoms with Gasteiger partial charge in [-0.05, 0) is 38.3 Å². The summed E-state index contributed by atoms with van der Waals surface area (Å²) in [6.45, 7) is 2.17. The van der Waals surface area contributed by atoms with Crippen LogP contribution in [0, 0.1) is 0 Å². The Labute approximate surface area is 91.4 Å². The van der Waals surface area contributed by atoms with Crippen molar-refractivity contribution in [3.05, 3.63) is 42.2 Å². The lowest BCUT2D eigenvalue weighted by atomic mass is 10.0. The van der Waals surface area contributed by atoms with Crippen LogP contribution in [0.15, 0.2) is 36.5 Å². The monoisotopic (exact) mass is 202 g/mol. The van der Waals surface area contributed by atoms with Gasteiger partial charge in [-0.2, -0.15) is 0 Å². The number of nitrogens with one attached hydrogen (secondary N) is 1. The lowest BCUT2D eigenvalue weighted by molar-refractivity contribution is 0.461. The van der Waals surface area contributed by atoms with Crippen molar-refractivity contribution >= 4 is 0 Å². The predicted octanol–water partition coefficient (Wildman–Crippen LogP) is 2.84. The number of aromatic nitrogens is 1. The molecule has 1 aliphatic carbocycles. The van der Waals surface area contributed by atoms with Crippen molar-refractivity contribution < 1.29 is 0 Å². The van der Waals surface area contributed by atoms with Crippen LogP contribution in [-0.4, -0.2) is 11.0 Å². The molecule has 1 aromatic rings. The van der Waals surface area contributed by atoms with E-state index in [0.29, 0.717) is 12.1 Å². The molecule has 1 N–H and O–H groups in total. The molecule has 0 saturated carbocycles. The van der Waals surface area contributed by atoms with Crippen LogP contribution in [0.2, 0.25) is 0 Å². The van der Waals surface area contributed by atoms with Crippen LogP contribution in [0.4, 0.5) is 0 Å². The van der Waals surface area contributed by atoms with E-state index in [9.17, 15) is 0 Å². The molecular weight excluding hydrogens is 184 g/mol. The highest BCUT2D eigenvalue weighted by Gasteiger charge is 2.12. The van der Waals surface area contributed by atoms with Gasteiger partial charge in [0.2, 0.25) is 0 Å². The van der Waals surface area contributed by atoms with Crippen LogP contribution in [0.3, 0.4) is 0 Å². The van der Waals surface area contributed by atoms with Gasteiger partial charge in [0, 0.05) is 18.3 Å². The maximum atomic E-state index is 4.36. The van der Waals surface area contributed by atoms with Crippen LogP contribution < -0.4 is 5.32 Å². The lowest BCUT2D eigenvalue weighted by Gasteiger charge is -2.22. The number of rotatable bonds is 3. The van der Waals surface area contributed by atoms with E-state index in [1.807, 2.05) is 18.3 Å². The molecule has 0 aliphatic heterocycles. The van der Waals surface area contributed by atoms with E-state index in [2.05, 4.69) is 35.4 Å². The summed E-state index contributed by atoms with van der Waals surface area (Å²) in [5, 5.41) is 3.59. The topological polar surface area (TPSA) is 24.9 Å². The number of allylic oxidation sites excluding steroid dienone is 1. The Morgan fingerprint density at radius 1 is 1.47 bits per heavy atom. The third kappa shape index (κ3) is 2.90. The molecule has 1 aromatic heterocycles. The van der Waals surface area contributed by atoms with E-state index in [1.54, 1.807) is 0 Å². The Kier molecular flexibility index (Phi) is 3.51. The number of nitrogens with zero attached hydrogens (tertiary/aromatic N) is 1. The number of hydrogen-bond donors (Lipinski definition) is 1. The second kappa shape index (κ2) is 5.08. The second-order valence-electron chi connectivity index (χ2n) is 4.11. The standard InChI is InChI=1S/C13H18N2/c1-11(13-9-5-6-10-14-13)15-12-7-3-2-4-8-12/h3,5-7,9-12,15H,2,4,8H2,1H3. The van der Waals surface area contributed by atoms with Crippen molar-refractivity contribution in [2.75, 3.05) is 0 Å². The fourth-order valence-corrected chi connectivity index (χ4v) is 1.99. The van der Waals surface area contributed by atoms with Gasteiger partial charge in [0.05, 0.1) is 5.69 Å². The molecule has 80 valence electrons. The molecule has 0 radical (unpaired) electrons. The molecule has 2 atom stereocenters. The van der Waals surface area contributed by atoms with Crippen LogP contribution in [0.25, 0.3) is 0 Å². The molecule has 2 rings (SSSR count). The van der Waals surface area contributed by atoms with Gasteiger partial charge < -0.3 is 5.32 Å². The first kappa shape index (κ1) is 10.4. The van der Waals surface area contributed by atoms with Gasteiger partial charge in [-0.3, -0.25) is 4.98 Å². The van der Waals surface area contributed by atoms with Gasteiger partial charge in [-0.15, -0.1) is 0 Å². The SMILES string of the molecule is CC(NC1C=CCCC1)c1ccccn1. The molecule has 0 saturated heterocycles. The molecule has 2 heteroatoms. The molecule has 15 heavy (non-hydrogen) atoms. The summed E-state index contributed by atoms with van der Waals surface area (Å²) in [4.78, 5) is 4.36. The first-order valence-electron chi connectivity index (χ1n) is 5.70. The summed E-state index contributed by atoms with van der Waals surface area (Å²) >= 11 is 0. The molecule has 1 heterocycles. The van der Waals surface area contributed by atoms with E-state index >= 15 is 0 Å². The second-order valence-corrected chi connectivity index (χ2v) is 4.11.